The zero-order chi connectivity index (χ0) is 41.1. The summed E-state index contributed by atoms with van der Waals surface area (Å²) in [5, 5.41) is 40.4. The Hall–Kier alpha value is -1.97. The van der Waals surface area contributed by atoms with E-state index in [4.69, 9.17) is 56.8 Å². The lowest BCUT2D eigenvalue weighted by Gasteiger charge is -2.33. The predicted molar refractivity (Wildman–Crippen MR) is 203 cm³/mol. The van der Waals surface area contributed by atoms with Crippen LogP contribution in [0.15, 0.2) is 81.7 Å². The van der Waals surface area contributed by atoms with E-state index in [9.17, 15) is 41.1 Å². The first-order valence-electron chi connectivity index (χ1n) is 15.7. The Morgan fingerprint density at radius 1 is 0.673 bits per heavy atom. The summed E-state index contributed by atoms with van der Waals surface area (Å²) < 4.78 is 95.0. The van der Waals surface area contributed by atoms with Crippen molar-refractivity contribution in [2.24, 2.45) is 0 Å². The lowest BCUT2D eigenvalue weighted by molar-refractivity contribution is -0.991. The van der Waals surface area contributed by atoms with Crippen molar-refractivity contribution in [3.63, 3.8) is 0 Å². The number of anilines is 1. The van der Waals surface area contributed by atoms with E-state index in [0.29, 0.717) is 16.7 Å². The second-order valence-electron chi connectivity index (χ2n) is 12.5. The minimum atomic E-state index is -4.51. The maximum Gasteiger partial charge on any atom is 0.400 e. The first-order valence-corrected chi connectivity index (χ1v) is 18.8. The number of halogens is 13. The Labute approximate surface area is 346 Å². The summed E-state index contributed by atoms with van der Waals surface area (Å²) in [5.41, 5.74) is -3.22. The van der Waals surface area contributed by atoms with E-state index < -0.39 is 39.5 Å². The molecule has 2 heterocycles. The van der Waals surface area contributed by atoms with Gasteiger partial charge in [0.05, 0.1) is 8.95 Å². The summed E-state index contributed by atoms with van der Waals surface area (Å²) >= 11 is 29.5. The van der Waals surface area contributed by atoms with E-state index in [0.717, 1.165) is 12.1 Å². The monoisotopic (exact) mass is 988 g/mol. The summed E-state index contributed by atoms with van der Waals surface area (Å²) in [7, 11) is 0. The molecule has 0 amide bonds. The number of rotatable bonds is 5. The molecule has 2 aliphatic heterocycles. The Morgan fingerprint density at radius 2 is 1.13 bits per heavy atom. The fourth-order valence-electron chi connectivity index (χ4n) is 6.20. The fourth-order valence-corrected chi connectivity index (χ4v) is 8.31. The average molecular weight is 992 g/mol. The molecule has 2 saturated heterocycles. The lowest BCUT2D eigenvalue weighted by Crippen LogP contribution is -2.99. The number of nitrogens with zero attached hydrogens (tertiary/aromatic N) is 1. The van der Waals surface area contributed by atoms with Gasteiger partial charge in [0.1, 0.15) is 16.6 Å². The first kappa shape index (κ1) is 45.7. The van der Waals surface area contributed by atoms with Crippen molar-refractivity contribution >= 4 is 95.3 Å². The molecular weight excluding hydrogens is 963 g/mol. The molecule has 0 saturated carbocycles. The van der Waals surface area contributed by atoms with Crippen LogP contribution in [0.4, 0.5) is 47.8 Å². The molecule has 0 aliphatic carbocycles. The molecule has 4 atom stereocenters. The Morgan fingerprint density at radius 3 is 1.53 bits per heavy atom. The highest BCUT2D eigenvalue weighted by Crippen LogP contribution is 2.50. The van der Waals surface area contributed by atoms with Crippen molar-refractivity contribution in [3.8, 4) is 0 Å². The van der Waals surface area contributed by atoms with E-state index in [-0.39, 0.29) is 79.5 Å². The maximum absolute atomic E-state index is 14.1. The van der Waals surface area contributed by atoms with Crippen LogP contribution in [0.5, 0.6) is 0 Å². The normalized spacial score (nSPS) is 21.0. The van der Waals surface area contributed by atoms with Crippen LogP contribution >= 0.6 is 78.3 Å². The first-order chi connectivity index (χ1) is 25.5. The fraction of sp³-hybridized carbons (Fsp3) is 0.294. The number of quaternary nitrogens is 2. The van der Waals surface area contributed by atoms with Gasteiger partial charge in [0, 0.05) is 57.5 Å². The van der Waals surface area contributed by atoms with Gasteiger partial charge < -0.3 is 20.6 Å². The Bertz CT molecular complexity index is 1940. The summed E-state index contributed by atoms with van der Waals surface area (Å²) in [4.78, 5) is 1.58. The quantitative estimate of drug-likeness (QED) is 0.101. The number of hydrogen-bond acceptors (Lipinski definition) is 6. The highest BCUT2D eigenvalue weighted by molar-refractivity contribution is 9.11. The van der Waals surface area contributed by atoms with Gasteiger partial charge in [-0.15, -0.1) is 0 Å². The second-order valence-corrected chi connectivity index (χ2v) is 15.9. The molecule has 4 unspecified atom stereocenters. The molecule has 21 heteroatoms. The molecule has 6 rings (SSSR count). The van der Waals surface area contributed by atoms with Crippen LogP contribution in [-0.2, 0) is 10.8 Å². The van der Waals surface area contributed by atoms with Gasteiger partial charge in [-0.2, -0.15) is 36.8 Å². The predicted octanol–water partition coefficient (Wildman–Crippen LogP) is 9.65. The van der Waals surface area contributed by atoms with Gasteiger partial charge in [0.15, 0.2) is 11.4 Å². The summed E-state index contributed by atoms with van der Waals surface area (Å²) in [6.07, 6.45) is -8.98. The Balaban J connectivity index is 0.000000204. The number of hydrogen-bond donors (Lipinski definition) is 5. The molecular formula is C34H29Br2Cl4F7N4O4. The number of nitrogens with one attached hydrogen (secondary N) is 3. The van der Waals surface area contributed by atoms with E-state index in [2.05, 4.69) is 37.2 Å². The van der Waals surface area contributed by atoms with Crippen LogP contribution in [0.25, 0.3) is 0 Å². The molecule has 0 aromatic heterocycles. The minimum Gasteiger partial charge on any atom is -0.595 e. The highest BCUT2D eigenvalue weighted by Gasteiger charge is 2.59. The molecule has 4 aromatic rings. The van der Waals surface area contributed by atoms with Gasteiger partial charge in [-0.3, -0.25) is 0 Å². The molecule has 0 bridgehead atoms. The third kappa shape index (κ3) is 10.8. The topological polar surface area (TPSA) is 111 Å². The SMILES string of the molecule is FC(F)(F)C1(c2cc(Cl)cc(Cl)c2)CCNC1.[O-][NH+](O)c1ccc(F)cc1Br.[O-][NH+](O)c1ccc(N2CCC(c3cc(Cl)cc(Cl)c3)(C(F)(F)F)C2)cc1Br. The number of benzene rings is 4. The summed E-state index contributed by atoms with van der Waals surface area (Å²) in [6, 6.07) is 15.9. The van der Waals surface area contributed by atoms with Crippen molar-refractivity contribution in [3.05, 3.63) is 129 Å². The molecule has 2 aliphatic rings. The largest absolute Gasteiger partial charge is 0.595 e. The summed E-state index contributed by atoms with van der Waals surface area (Å²) in [5.74, 6) is -0.457. The van der Waals surface area contributed by atoms with Crippen LogP contribution in [0.1, 0.15) is 24.0 Å². The van der Waals surface area contributed by atoms with Crippen LogP contribution in [0.2, 0.25) is 20.1 Å². The Kier molecular flexibility index (Phi) is 15.2. The molecule has 55 heavy (non-hydrogen) atoms. The molecule has 4 aromatic carbocycles. The van der Waals surface area contributed by atoms with Crippen molar-refractivity contribution in [2.75, 3.05) is 31.1 Å². The van der Waals surface area contributed by atoms with E-state index in [1.165, 1.54) is 60.7 Å². The van der Waals surface area contributed by atoms with Crippen LogP contribution < -0.4 is 20.7 Å². The standard InChI is InChI=1S/C17H14BrCl2F3N2O2.C11H10Cl2F3N.C6H5BrFNO2/c18-14-8-13(1-2-15(14)25(26)27)24-4-3-16(9-24,17(21,22)23)10-5-11(19)7-12(20)6-10;12-8-3-7(4-9(13)5-8)10(11(14,15)16)1-2-17-6-10;7-5-3-4(8)1-2-6(5)9(10)11/h1-2,5-8,25-26H,3-4,9H2;3-5,17H,1-2,6H2;1-3,9-10H. The van der Waals surface area contributed by atoms with Gasteiger partial charge in [-0.05, 0) is 123 Å². The molecule has 300 valence electrons. The maximum atomic E-state index is 14.1. The van der Waals surface area contributed by atoms with E-state index in [1.807, 2.05) is 0 Å². The van der Waals surface area contributed by atoms with Gasteiger partial charge in [0.25, 0.3) is 0 Å². The van der Waals surface area contributed by atoms with Crippen molar-refractivity contribution in [2.45, 2.75) is 36.0 Å². The third-order valence-electron chi connectivity index (χ3n) is 9.05. The number of alkyl halides is 6. The van der Waals surface area contributed by atoms with Gasteiger partial charge in [-0.25, -0.2) is 14.8 Å². The minimum absolute atomic E-state index is 0.00711. The second kappa shape index (κ2) is 18.3. The molecule has 0 radical (unpaired) electrons. The average Bonchev–Trinajstić information content (AvgIpc) is 3.74. The van der Waals surface area contributed by atoms with E-state index >= 15 is 0 Å². The van der Waals surface area contributed by atoms with Gasteiger partial charge in [0.2, 0.25) is 0 Å². The molecule has 5 N–H and O–H groups in total. The van der Waals surface area contributed by atoms with Crippen LogP contribution in [0.3, 0.4) is 0 Å². The smallest absolute Gasteiger partial charge is 0.400 e. The van der Waals surface area contributed by atoms with Crippen LogP contribution in [-0.4, -0.2) is 48.9 Å². The zero-order valence-corrected chi connectivity index (χ0v) is 33.9. The third-order valence-corrected chi connectivity index (χ3v) is 11.2. The van der Waals surface area contributed by atoms with Gasteiger partial charge >= 0.3 is 12.4 Å². The van der Waals surface area contributed by atoms with Crippen molar-refractivity contribution < 1.29 is 51.6 Å². The lowest BCUT2D eigenvalue weighted by atomic mass is 9.79. The van der Waals surface area contributed by atoms with E-state index in [1.54, 1.807) is 4.90 Å². The summed E-state index contributed by atoms with van der Waals surface area (Å²) in [6.45, 7) is 0.0470. The molecule has 8 nitrogen and oxygen atoms in total. The zero-order valence-electron chi connectivity index (χ0n) is 27.7. The highest BCUT2D eigenvalue weighted by atomic mass is 79.9. The molecule has 0 spiro atoms. The van der Waals surface area contributed by atoms with Crippen molar-refractivity contribution in [1.82, 2.24) is 5.32 Å². The van der Waals surface area contributed by atoms with Crippen molar-refractivity contribution in [1.29, 1.82) is 0 Å². The van der Waals surface area contributed by atoms with Gasteiger partial charge in [-0.1, -0.05) is 46.4 Å². The van der Waals surface area contributed by atoms with Crippen LogP contribution in [0, 0.1) is 16.2 Å². The molecule has 2 fully saturated rings.